The Morgan fingerprint density at radius 1 is 1.12 bits per heavy atom. The van der Waals surface area contributed by atoms with Crippen LogP contribution in [-0.2, 0) is 6.54 Å². The zero-order valence-electron chi connectivity index (χ0n) is 22.1. The Bertz CT molecular complexity index is 1440. The van der Waals surface area contributed by atoms with E-state index in [9.17, 15) is 23.2 Å². The molecule has 13 heteroatoms. The number of hydrogen-bond donors (Lipinski definition) is 5. The fraction of sp³-hybridized carbons (Fsp3) is 0.296. The van der Waals surface area contributed by atoms with Crippen LogP contribution in [0.5, 0.6) is 0 Å². The number of aromatic nitrogens is 2. The Labute approximate surface area is 229 Å². The molecular formula is C27H29F2N7O4. The van der Waals surface area contributed by atoms with Gasteiger partial charge >= 0.3 is 12.1 Å². The van der Waals surface area contributed by atoms with E-state index in [1.165, 1.54) is 6.07 Å². The summed E-state index contributed by atoms with van der Waals surface area (Å²) in [6, 6.07) is 7.52. The van der Waals surface area contributed by atoms with Crippen LogP contribution in [0.2, 0.25) is 0 Å². The number of anilines is 3. The first-order valence-corrected chi connectivity index (χ1v) is 12.6. The molecule has 1 aliphatic heterocycles. The highest BCUT2D eigenvalue weighted by atomic mass is 19.1. The van der Waals surface area contributed by atoms with Crippen LogP contribution in [0.15, 0.2) is 36.4 Å². The molecule has 11 nitrogen and oxygen atoms in total. The number of amides is 4. The summed E-state index contributed by atoms with van der Waals surface area (Å²) < 4.78 is 29.7. The molecule has 0 saturated carbocycles. The zero-order valence-corrected chi connectivity index (χ0v) is 22.1. The average molecular weight is 554 g/mol. The van der Waals surface area contributed by atoms with Gasteiger partial charge in [-0.25, -0.2) is 28.3 Å². The van der Waals surface area contributed by atoms with Gasteiger partial charge in [0, 0.05) is 35.8 Å². The number of aryl methyl sites for hydroxylation is 1. The van der Waals surface area contributed by atoms with E-state index in [4.69, 9.17) is 5.11 Å². The van der Waals surface area contributed by atoms with E-state index in [-0.39, 0.29) is 43.3 Å². The van der Waals surface area contributed by atoms with Crippen LogP contribution in [-0.4, -0.2) is 52.2 Å². The number of benzene rings is 2. The Hall–Kier alpha value is -4.81. The van der Waals surface area contributed by atoms with Gasteiger partial charge < -0.3 is 26.4 Å². The Balaban J connectivity index is 1.85. The standard InChI is InChI=1S/C27H29F2N7O4/c1-14(2)33-24(37)16-9-8-15(3)17(12-16)21-18-13-32-26(38)36(22-19(28)6-4-7-20(22)29)23(18)35-25(34-21)30-10-5-11-31-27(39)40/h4,6-9,12,14,31H,5,10-11,13H2,1-3H3,(H,32,38)(H,33,37)(H,39,40)(H,30,34,35). The molecule has 4 rings (SSSR count). The predicted molar refractivity (Wildman–Crippen MR) is 145 cm³/mol. The number of carbonyl (C=O) groups excluding carboxylic acids is 2. The Kier molecular flexibility index (Phi) is 8.41. The van der Waals surface area contributed by atoms with E-state index in [2.05, 4.69) is 31.2 Å². The van der Waals surface area contributed by atoms with Gasteiger partial charge in [0.2, 0.25) is 5.95 Å². The van der Waals surface area contributed by atoms with Crippen molar-refractivity contribution in [2.75, 3.05) is 23.3 Å². The Morgan fingerprint density at radius 2 is 1.85 bits per heavy atom. The number of carbonyl (C=O) groups is 3. The Morgan fingerprint density at radius 3 is 2.52 bits per heavy atom. The molecule has 0 bridgehead atoms. The molecular weight excluding hydrogens is 524 g/mol. The number of carboxylic acid groups (broad SMARTS) is 1. The number of hydrogen-bond acceptors (Lipinski definition) is 6. The molecule has 0 unspecified atom stereocenters. The first-order chi connectivity index (χ1) is 19.1. The highest BCUT2D eigenvalue weighted by Gasteiger charge is 2.34. The van der Waals surface area contributed by atoms with Crippen molar-refractivity contribution in [2.45, 2.75) is 39.8 Å². The van der Waals surface area contributed by atoms with Crippen LogP contribution in [0.4, 0.5) is 35.8 Å². The first kappa shape index (κ1) is 28.2. The van der Waals surface area contributed by atoms with Crippen LogP contribution in [0.25, 0.3) is 11.3 Å². The fourth-order valence-electron chi connectivity index (χ4n) is 4.22. The van der Waals surface area contributed by atoms with Gasteiger partial charge in [-0.15, -0.1) is 0 Å². The van der Waals surface area contributed by atoms with Crippen LogP contribution in [0, 0.1) is 18.6 Å². The van der Waals surface area contributed by atoms with Gasteiger partial charge in [0.1, 0.15) is 17.3 Å². The maximum atomic E-state index is 14.9. The molecule has 1 aliphatic rings. The smallest absolute Gasteiger partial charge is 0.404 e. The van der Waals surface area contributed by atoms with E-state index in [0.717, 1.165) is 22.6 Å². The van der Waals surface area contributed by atoms with Crippen molar-refractivity contribution in [2.24, 2.45) is 0 Å². The lowest BCUT2D eigenvalue weighted by molar-refractivity contribution is 0.0943. The second kappa shape index (κ2) is 11.9. The summed E-state index contributed by atoms with van der Waals surface area (Å²) in [5.74, 6) is -2.17. The number of nitrogens with zero attached hydrogens (tertiary/aromatic N) is 3. The second-order valence-corrected chi connectivity index (χ2v) is 9.43. The van der Waals surface area contributed by atoms with Gasteiger partial charge in [-0.05, 0) is 57.0 Å². The molecule has 0 spiro atoms. The van der Waals surface area contributed by atoms with Crippen molar-refractivity contribution in [3.63, 3.8) is 0 Å². The lowest BCUT2D eigenvalue weighted by Gasteiger charge is -2.31. The van der Waals surface area contributed by atoms with E-state index < -0.39 is 29.4 Å². The largest absolute Gasteiger partial charge is 0.465 e. The van der Waals surface area contributed by atoms with Gasteiger partial charge in [0.25, 0.3) is 5.91 Å². The topological polar surface area (TPSA) is 149 Å². The number of fused-ring (bicyclic) bond motifs is 1. The van der Waals surface area contributed by atoms with Crippen molar-refractivity contribution < 1.29 is 28.3 Å². The van der Waals surface area contributed by atoms with Crippen molar-refractivity contribution in [1.29, 1.82) is 0 Å². The molecule has 0 saturated heterocycles. The average Bonchev–Trinajstić information content (AvgIpc) is 2.88. The molecule has 4 amide bonds. The number of urea groups is 1. The summed E-state index contributed by atoms with van der Waals surface area (Å²) in [4.78, 5) is 46.4. The molecule has 40 heavy (non-hydrogen) atoms. The molecule has 0 aliphatic carbocycles. The normalized spacial score (nSPS) is 12.6. The maximum Gasteiger partial charge on any atom is 0.404 e. The van der Waals surface area contributed by atoms with Crippen molar-refractivity contribution in [3.05, 3.63) is 64.7 Å². The molecule has 1 aromatic heterocycles. The molecule has 5 N–H and O–H groups in total. The predicted octanol–water partition coefficient (Wildman–Crippen LogP) is 4.30. The molecule has 0 atom stereocenters. The zero-order chi connectivity index (χ0) is 29.0. The minimum absolute atomic E-state index is 0.0270. The number of nitrogens with one attached hydrogen (secondary N) is 4. The van der Waals surface area contributed by atoms with Crippen LogP contribution >= 0.6 is 0 Å². The van der Waals surface area contributed by atoms with E-state index in [1.54, 1.807) is 18.2 Å². The molecule has 2 heterocycles. The number of halogens is 2. The van der Waals surface area contributed by atoms with E-state index >= 15 is 0 Å². The minimum Gasteiger partial charge on any atom is -0.465 e. The molecule has 0 radical (unpaired) electrons. The van der Waals surface area contributed by atoms with Crippen molar-refractivity contribution in [1.82, 2.24) is 25.9 Å². The number of para-hydroxylation sites is 1. The van der Waals surface area contributed by atoms with Crippen LogP contribution in [0.3, 0.4) is 0 Å². The SMILES string of the molecule is Cc1ccc(C(=O)NC(C)C)cc1-c1nc(NCCCNC(=O)O)nc2c1CNC(=O)N2c1c(F)cccc1F. The van der Waals surface area contributed by atoms with Crippen molar-refractivity contribution in [3.8, 4) is 11.3 Å². The monoisotopic (exact) mass is 553 g/mol. The van der Waals surface area contributed by atoms with Gasteiger partial charge in [0.05, 0.1) is 12.2 Å². The lowest BCUT2D eigenvalue weighted by Crippen LogP contribution is -2.43. The third-order valence-corrected chi connectivity index (χ3v) is 6.07. The quantitative estimate of drug-likeness (QED) is 0.248. The fourth-order valence-corrected chi connectivity index (χ4v) is 4.22. The summed E-state index contributed by atoms with van der Waals surface area (Å²) >= 11 is 0. The van der Waals surface area contributed by atoms with Gasteiger partial charge in [-0.3, -0.25) is 4.79 Å². The summed E-state index contributed by atoms with van der Waals surface area (Å²) in [5, 5.41) is 19.5. The van der Waals surface area contributed by atoms with Gasteiger partial charge in [-0.1, -0.05) is 12.1 Å². The minimum atomic E-state index is -1.15. The second-order valence-electron chi connectivity index (χ2n) is 9.43. The number of rotatable bonds is 9. The highest BCUT2D eigenvalue weighted by molar-refractivity contribution is 6.02. The third-order valence-electron chi connectivity index (χ3n) is 6.07. The summed E-state index contributed by atoms with van der Waals surface area (Å²) in [5.41, 5.74) is 1.87. The lowest BCUT2D eigenvalue weighted by atomic mass is 9.97. The molecule has 3 aromatic rings. The third kappa shape index (κ3) is 6.08. The van der Waals surface area contributed by atoms with E-state index in [0.29, 0.717) is 28.8 Å². The maximum absolute atomic E-state index is 14.9. The van der Waals surface area contributed by atoms with E-state index in [1.807, 2.05) is 20.8 Å². The van der Waals surface area contributed by atoms with Crippen LogP contribution in [0.1, 0.15) is 41.8 Å². The van der Waals surface area contributed by atoms with Crippen molar-refractivity contribution >= 4 is 35.5 Å². The highest BCUT2D eigenvalue weighted by Crippen LogP contribution is 2.39. The molecule has 210 valence electrons. The summed E-state index contributed by atoms with van der Waals surface area (Å²) in [7, 11) is 0. The summed E-state index contributed by atoms with van der Waals surface area (Å²) in [6.07, 6.45) is -0.768. The molecule has 2 aromatic carbocycles. The van der Waals surface area contributed by atoms with Crippen LogP contribution < -0.4 is 26.2 Å². The molecule has 0 fully saturated rings. The first-order valence-electron chi connectivity index (χ1n) is 12.6. The van der Waals surface area contributed by atoms with Gasteiger partial charge in [0.15, 0.2) is 5.82 Å². The summed E-state index contributed by atoms with van der Waals surface area (Å²) in [6.45, 7) is 5.92. The van der Waals surface area contributed by atoms with Gasteiger partial charge in [-0.2, -0.15) is 4.98 Å².